The number of aromatic nitrogens is 5. The second kappa shape index (κ2) is 8.19. The summed E-state index contributed by atoms with van der Waals surface area (Å²) in [7, 11) is 0. The lowest BCUT2D eigenvalue weighted by molar-refractivity contribution is -0.0530. The standard InChI is InChI=1S/C23H30N8O2/c1-23(2)22-26-18-20(30-9-12-32-13-10-30)27-19(28-21(18)31(22)11-14-33-23)16-3-4-17(25-15-16)29-7-5-24-6-8-29/h3-4,15,24H,5-14H2,1-2H3. The zero-order chi connectivity index (χ0) is 22.4. The maximum atomic E-state index is 6.01. The van der Waals surface area contributed by atoms with Crippen molar-refractivity contribution in [2.24, 2.45) is 0 Å². The molecule has 0 atom stereocenters. The van der Waals surface area contributed by atoms with E-state index in [4.69, 9.17) is 29.4 Å². The molecule has 6 rings (SSSR count). The molecule has 33 heavy (non-hydrogen) atoms. The third kappa shape index (κ3) is 3.71. The number of hydrogen-bond acceptors (Lipinski definition) is 9. The Hall–Kier alpha value is -2.82. The Kier molecular flexibility index (Phi) is 5.16. The van der Waals surface area contributed by atoms with E-state index in [1.807, 2.05) is 6.20 Å². The molecular formula is C23H30N8O2. The van der Waals surface area contributed by atoms with Crippen molar-refractivity contribution < 1.29 is 9.47 Å². The van der Waals surface area contributed by atoms with Crippen molar-refractivity contribution >= 4 is 22.8 Å². The molecule has 0 amide bonds. The van der Waals surface area contributed by atoms with Gasteiger partial charge in [0, 0.05) is 57.6 Å². The molecule has 0 bridgehead atoms. The first-order valence-electron chi connectivity index (χ1n) is 11.8. The highest BCUT2D eigenvalue weighted by atomic mass is 16.5. The van der Waals surface area contributed by atoms with Crippen LogP contribution < -0.4 is 15.1 Å². The van der Waals surface area contributed by atoms with Crippen LogP contribution in [0.1, 0.15) is 19.7 Å². The summed E-state index contributed by atoms with van der Waals surface area (Å²) in [6, 6.07) is 4.15. The fraction of sp³-hybridized carbons (Fsp3) is 0.565. The Morgan fingerprint density at radius 1 is 0.909 bits per heavy atom. The summed E-state index contributed by atoms with van der Waals surface area (Å²) in [5, 5.41) is 3.38. The molecule has 0 aliphatic carbocycles. The Morgan fingerprint density at radius 2 is 1.73 bits per heavy atom. The molecule has 10 heteroatoms. The van der Waals surface area contributed by atoms with Crippen molar-refractivity contribution in [2.45, 2.75) is 26.0 Å². The van der Waals surface area contributed by atoms with E-state index in [0.717, 1.165) is 80.0 Å². The van der Waals surface area contributed by atoms with Gasteiger partial charge in [-0.1, -0.05) is 0 Å². The number of rotatable bonds is 3. The van der Waals surface area contributed by atoms with E-state index in [9.17, 15) is 0 Å². The predicted octanol–water partition coefficient (Wildman–Crippen LogP) is 1.40. The van der Waals surface area contributed by atoms with Crippen molar-refractivity contribution in [2.75, 3.05) is 68.9 Å². The van der Waals surface area contributed by atoms with Crippen LogP contribution in [-0.2, 0) is 21.6 Å². The van der Waals surface area contributed by atoms with Crippen molar-refractivity contribution in [3.8, 4) is 11.4 Å². The number of fused-ring (bicyclic) bond motifs is 3. The average Bonchev–Trinajstić information content (AvgIpc) is 3.25. The van der Waals surface area contributed by atoms with E-state index in [1.54, 1.807) is 0 Å². The van der Waals surface area contributed by atoms with Gasteiger partial charge < -0.3 is 29.2 Å². The second-order valence-electron chi connectivity index (χ2n) is 9.23. The van der Waals surface area contributed by atoms with Gasteiger partial charge >= 0.3 is 0 Å². The minimum atomic E-state index is -0.464. The van der Waals surface area contributed by atoms with Crippen LogP contribution in [-0.4, -0.2) is 83.6 Å². The first kappa shape index (κ1) is 20.8. The summed E-state index contributed by atoms with van der Waals surface area (Å²) in [5.41, 5.74) is 2.14. The monoisotopic (exact) mass is 450 g/mol. The number of piperazine rings is 1. The molecule has 1 N–H and O–H groups in total. The zero-order valence-corrected chi connectivity index (χ0v) is 19.3. The first-order chi connectivity index (χ1) is 16.1. The maximum absolute atomic E-state index is 6.01. The van der Waals surface area contributed by atoms with Gasteiger partial charge in [-0.15, -0.1) is 0 Å². The summed E-state index contributed by atoms with van der Waals surface area (Å²) in [6.07, 6.45) is 1.89. The highest BCUT2D eigenvalue weighted by molar-refractivity contribution is 5.86. The smallest absolute Gasteiger partial charge is 0.166 e. The Labute approximate surface area is 192 Å². The Bertz CT molecular complexity index is 1150. The van der Waals surface area contributed by atoms with Gasteiger partial charge in [0.05, 0.1) is 19.8 Å². The fourth-order valence-electron chi connectivity index (χ4n) is 4.84. The van der Waals surface area contributed by atoms with Gasteiger partial charge in [0.1, 0.15) is 17.2 Å². The van der Waals surface area contributed by atoms with Gasteiger partial charge in [0.25, 0.3) is 0 Å². The lowest BCUT2D eigenvalue weighted by atomic mass is 10.1. The molecule has 3 aliphatic rings. The molecule has 0 radical (unpaired) electrons. The Morgan fingerprint density at radius 3 is 2.48 bits per heavy atom. The predicted molar refractivity (Wildman–Crippen MR) is 126 cm³/mol. The number of nitrogens with zero attached hydrogens (tertiary/aromatic N) is 7. The summed E-state index contributed by atoms with van der Waals surface area (Å²) in [4.78, 5) is 24.3. The number of nitrogens with one attached hydrogen (secondary N) is 1. The number of hydrogen-bond donors (Lipinski definition) is 1. The maximum Gasteiger partial charge on any atom is 0.166 e. The average molecular weight is 451 g/mol. The second-order valence-corrected chi connectivity index (χ2v) is 9.23. The molecule has 0 saturated carbocycles. The number of morpholine rings is 1. The molecule has 0 spiro atoms. The molecule has 2 fully saturated rings. The number of anilines is 2. The number of imidazole rings is 1. The van der Waals surface area contributed by atoms with Crippen molar-refractivity contribution in [1.29, 1.82) is 0 Å². The number of ether oxygens (including phenoxy) is 2. The quantitative estimate of drug-likeness (QED) is 0.635. The van der Waals surface area contributed by atoms with Gasteiger partial charge in [0.15, 0.2) is 22.8 Å². The fourth-order valence-corrected chi connectivity index (χ4v) is 4.84. The highest BCUT2D eigenvalue weighted by Gasteiger charge is 2.34. The van der Waals surface area contributed by atoms with E-state index >= 15 is 0 Å². The van der Waals surface area contributed by atoms with Gasteiger partial charge in [-0.05, 0) is 26.0 Å². The third-order valence-electron chi connectivity index (χ3n) is 6.65. The Balaban J connectivity index is 1.45. The molecular weight excluding hydrogens is 420 g/mol. The van der Waals surface area contributed by atoms with Crippen LogP contribution in [0, 0.1) is 0 Å². The van der Waals surface area contributed by atoms with Crippen molar-refractivity contribution in [1.82, 2.24) is 29.8 Å². The van der Waals surface area contributed by atoms with Gasteiger partial charge in [-0.25, -0.2) is 19.9 Å². The van der Waals surface area contributed by atoms with E-state index < -0.39 is 5.60 Å². The third-order valence-corrected chi connectivity index (χ3v) is 6.65. The van der Waals surface area contributed by atoms with Crippen LogP contribution in [0.5, 0.6) is 0 Å². The normalized spacial score (nSPS) is 20.8. The molecule has 10 nitrogen and oxygen atoms in total. The molecule has 0 unspecified atom stereocenters. The largest absolute Gasteiger partial charge is 0.378 e. The van der Waals surface area contributed by atoms with Crippen LogP contribution in [0.4, 0.5) is 11.6 Å². The van der Waals surface area contributed by atoms with Crippen LogP contribution >= 0.6 is 0 Å². The molecule has 3 aromatic heterocycles. The number of pyridine rings is 1. The summed E-state index contributed by atoms with van der Waals surface area (Å²) in [6.45, 7) is 12.3. The summed E-state index contributed by atoms with van der Waals surface area (Å²) < 4.78 is 13.8. The van der Waals surface area contributed by atoms with E-state index in [1.165, 1.54) is 0 Å². The van der Waals surface area contributed by atoms with Crippen LogP contribution in [0.25, 0.3) is 22.6 Å². The molecule has 3 aliphatic heterocycles. The summed E-state index contributed by atoms with van der Waals surface area (Å²) >= 11 is 0. The highest BCUT2D eigenvalue weighted by Crippen LogP contribution is 2.35. The van der Waals surface area contributed by atoms with E-state index in [-0.39, 0.29) is 0 Å². The van der Waals surface area contributed by atoms with E-state index in [2.05, 4.69) is 45.7 Å². The van der Waals surface area contributed by atoms with Crippen LogP contribution in [0.3, 0.4) is 0 Å². The molecule has 0 aromatic carbocycles. The topological polar surface area (TPSA) is 93.5 Å². The first-order valence-corrected chi connectivity index (χ1v) is 11.8. The van der Waals surface area contributed by atoms with Gasteiger partial charge in [-0.2, -0.15) is 0 Å². The molecule has 174 valence electrons. The molecule has 6 heterocycles. The minimum absolute atomic E-state index is 0.464. The molecule has 3 aromatic rings. The minimum Gasteiger partial charge on any atom is -0.378 e. The van der Waals surface area contributed by atoms with Gasteiger partial charge in [0.2, 0.25) is 0 Å². The van der Waals surface area contributed by atoms with Gasteiger partial charge in [-0.3, -0.25) is 0 Å². The van der Waals surface area contributed by atoms with Crippen LogP contribution in [0.15, 0.2) is 18.3 Å². The van der Waals surface area contributed by atoms with E-state index in [0.29, 0.717) is 25.6 Å². The lowest BCUT2D eigenvalue weighted by Crippen LogP contribution is -2.43. The molecule has 2 saturated heterocycles. The zero-order valence-electron chi connectivity index (χ0n) is 19.3. The van der Waals surface area contributed by atoms with Crippen molar-refractivity contribution in [3.63, 3.8) is 0 Å². The lowest BCUT2D eigenvalue weighted by Gasteiger charge is -2.30. The van der Waals surface area contributed by atoms with Crippen LogP contribution in [0.2, 0.25) is 0 Å². The SMILES string of the molecule is CC1(C)OCCn2c1nc1c(N3CCOCC3)nc(-c3ccc(N4CCNCC4)nc3)nc12. The summed E-state index contributed by atoms with van der Waals surface area (Å²) in [5.74, 6) is 3.43. The van der Waals surface area contributed by atoms with Crippen molar-refractivity contribution in [3.05, 3.63) is 24.2 Å².